The van der Waals surface area contributed by atoms with Crippen LogP contribution in [0.1, 0.15) is 45.4 Å². The highest BCUT2D eigenvalue weighted by molar-refractivity contribution is 5.01. The predicted molar refractivity (Wildman–Crippen MR) is 77.8 cm³/mol. The number of hydrogen-bond donors (Lipinski definition) is 2. The van der Waals surface area contributed by atoms with E-state index in [9.17, 15) is 5.11 Å². The van der Waals surface area contributed by atoms with Gasteiger partial charge in [-0.25, -0.2) is 0 Å². The first kappa shape index (κ1) is 15.7. The highest BCUT2D eigenvalue weighted by Gasteiger charge is 2.20. The van der Waals surface area contributed by atoms with Crippen molar-refractivity contribution in [1.82, 2.24) is 10.2 Å². The lowest BCUT2D eigenvalue weighted by molar-refractivity contribution is 0.133. The zero-order valence-corrected chi connectivity index (χ0v) is 12.0. The normalized spacial score (nSPS) is 17.3. The minimum atomic E-state index is 0.256. The molecule has 18 heavy (non-hydrogen) atoms. The van der Waals surface area contributed by atoms with Crippen molar-refractivity contribution in [2.75, 3.05) is 32.8 Å². The zero-order chi connectivity index (χ0) is 13.2. The first-order chi connectivity index (χ1) is 8.77. The smallest absolute Gasteiger partial charge is 0.0558 e. The Morgan fingerprint density at radius 3 is 2.67 bits per heavy atom. The molecule has 0 radical (unpaired) electrons. The maximum atomic E-state index is 9.21. The number of nitrogens with one attached hydrogen (secondary N) is 1. The molecule has 3 nitrogen and oxygen atoms in total. The molecule has 0 atom stereocenters. The van der Waals surface area contributed by atoms with Crippen LogP contribution in [0.25, 0.3) is 0 Å². The van der Waals surface area contributed by atoms with E-state index in [1.165, 1.54) is 37.7 Å². The molecule has 0 aromatic rings. The first-order valence-electron chi connectivity index (χ1n) is 7.50. The van der Waals surface area contributed by atoms with Crippen molar-refractivity contribution in [3.63, 3.8) is 0 Å². The van der Waals surface area contributed by atoms with Crippen LogP contribution in [0, 0.1) is 0 Å². The Bertz CT molecular complexity index is 225. The summed E-state index contributed by atoms with van der Waals surface area (Å²) < 4.78 is 0. The number of nitrogens with zero attached hydrogens (tertiary/aromatic N) is 1. The van der Waals surface area contributed by atoms with Gasteiger partial charge in [0.05, 0.1) is 6.61 Å². The molecule has 2 N–H and O–H groups in total. The quantitative estimate of drug-likeness (QED) is 0.489. The SMILES string of the molecule is C=C(CNCCC)CN(CCO)C1CCCCC1. The molecule has 1 rings (SSSR count). The van der Waals surface area contributed by atoms with Gasteiger partial charge in [0.15, 0.2) is 0 Å². The summed E-state index contributed by atoms with van der Waals surface area (Å²) in [5, 5.41) is 12.6. The molecule has 106 valence electrons. The summed E-state index contributed by atoms with van der Waals surface area (Å²) >= 11 is 0. The van der Waals surface area contributed by atoms with E-state index in [1.54, 1.807) is 0 Å². The molecule has 0 bridgehead atoms. The largest absolute Gasteiger partial charge is 0.395 e. The summed E-state index contributed by atoms with van der Waals surface area (Å²) in [4.78, 5) is 2.43. The van der Waals surface area contributed by atoms with Gasteiger partial charge in [0.25, 0.3) is 0 Å². The summed E-state index contributed by atoms with van der Waals surface area (Å²) in [5.41, 5.74) is 1.24. The fourth-order valence-corrected chi connectivity index (χ4v) is 2.75. The van der Waals surface area contributed by atoms with E-state index in [0.717, 1.165) is 32.6 Å². The van der Waals surface area contributed by atoms with Crippen molar-refractivity contribution in [2.45, 2.75) is 51.5 Å². The molecule has 0 aromatic heterocycles. The monoisotopic (exact) mass is 254 g/mol. The van der Waals surface area contributed by atoms with Gasteiger partial charge in [-0.3, -0.25) is 4.90 Å². The third-order valence-electron chi connectivity index (χ3n) is 3.71. The summed E-state index contributed by atoms with van der Waals surface area (Å²) in [6, 6.07) is 0.661. The molecule has 0 unspecified atom stereocenters. The standard InChI is InChI=1S/C15H30N2O/c1-3-9-16-12-14(2)13-17(10-11-18)15-7-5-4-6-8-15/h15-16,18H,2-13H2,1H3. The van der Waals surface area contributed by atoms with Gasteiger partial charge in [-0.15, -0.1) is 0 Å². The van der Waals surface area contributed by atoms with E-state index in [0.29, 0.717) is 6.04 Å². The highest BCUT2D eigenvalue weighted by atomic mass is 16.3. The molecule has 3 heteroatoms. The van der Waals surface area contributed by atoms with Crippen LogP contribution in [-0.2, 0) is 0 Å². The van der Waals surface area contributed by atoms with E-state index >= 15 is 0 Å². The van der Waals surface area contributed by atoms with Crippen molar-refractivity contribution in [1.29, 1.82) is 0 Å². The maximum absolute atomic E-state index is 9.21. The van der Waals surface area contributed by atoms with Crippen LogP contribution in [0.2, 0.25) is 0 Å². The van der Waals surface area contributed by atoms with E-state index in [4.69, 9.17) is 0 Å². The zero-order valence-electron chi connectivity index (χ0n) is 12.0. The van der Waals surface area contributed by atoms with Gasteiger partial charge in [-0.05, 0) is 31.4 Å². The van der Waals surface area contributed by atoms with Crippen LogP contribution in [0.4, 0.5) is 0 Å². The fourth-order valence-electron chi connectivity index (χ4n) is 2.75. The molecule has 0 aromatic carbocycles. The predicted octanol–water partition coefficient (Wildman–Crippen LogP) is 2.17. The van der Waals surface area contributed by atoms with E-state index < -0.39 is 0 Å². The number of rotatable bonds is 9. The Hall–Kier alpha value is -0.380. The van der Waals surface area contributed by atoms with Gasteiger partial charge in [-0.2, -0.15) is 0 Å². The van der Waals surface area contributed by atoms with Crippen LogP contribution in [0.15, 0.2) is 12.2 Å². The Labute approximate surface area is 112 Å². The second kappa shape index (κ2) is 9.54. The van der Waals surface area contributed by atoms with Crippen LogP contribution in [0.3, 0.4) is 0 Å². The van der Waals surface area contributed by atoms with Gasteiger partial charge in [0, 0.05) is 25.7 Å². The summed E-state index contributed by atoms with van der Waals surface area (Å²) in [5.74, 6) is 0. The van der Waals surface area contributed by atoms with Gasteiger partial charge >= 0.3 is 0 Å². The van der Waals surface area contributed by atoms with E-state index in [2.05, 4.69) is 23.7 Å². The van der Waals surface area contributed by atoms with Crippen molar-refractivity contribution in [3.05, 3.63) is 12.2 Å². The first-order valence-corrected chi connectivity index (χ1v) is 7.50. The van der Waals surface area contributed by atoms with Crippen LogP contribution < -0.4 is 5.32 Å². The highest BCUT2D eigenvalue weighted by Crippen LogP contribution is 2.22. The van der Waals surface area contributed by atoms with Crippen LogP contribution >= 0.6 is 0 Å². The molecular formula is C15H30N2O. The lowest BCUT2D eigenvalue weighted by atomic mass is 9.94. The molecule has 1 aliphatic rings. The van der Waals surface area contributed by atoms with Gasteiger partial charge in [-0.1, -0.05) is 32.8 Å². The molecule has 0 saturated heterocycles. The van der Waals surface area contributed by atoms with Gasteiger partial charge in [0.2, 0.25) is 0 Å². The fraction of sp³-hybridized carbons (Fsp3) is 0.867. The third-order valence-corrected chi connectivity index (χ3v) is 3.71. The lowest BCUT2D eigenvalue weighted by Gasteiger charge is -2.34. The van der Waals surface area contributed by atoms with E-state index in [-0.39, 0.29) is 6.61 Å². The molecule has 0 amide bonds. The topological polar surface area (TPSA) is 35.5 Å². The Morgan fingerprint density at radius 2 is 2.06 bits per heavy atom. The third kappa shape index (κ3) is 5.98. The molecule has 1 aliphatic carbocycles. The summed E-state index contributed by atoms with van der Waals surface area (Å²) in [6.45, 7) is 10.3. The van der Waals surface area contributed by atoms with Crippen molar-refractivity contribution < 1.29 is 5.11 Å². The molecule has 1 fully saturated rings. The van der Waals surface area contributed by atoms with Gasteiger partial charge < -0.3 is 10.4 Å². The Balaban J connectivity index is 2.33. The van der Waals surface area contributed by atoms with Gasteiger partial charge in [0.1, 0.15) is 0 Å². The second-order valence-corrected chi connectivity index (χ2v) is 5.41. The molecule has 0 spiro atoms. The Morgan fingerprint density at radius 1 is 1.33 bits per heavy atom. The maximum Gasteiger partial charge on any atom is 0.0558 e. The number of hydrogen-bond acceptors (Lipinski definition) is 3. The van der Waals surface area contributed by atoms with E-state index in [1.807, 2.05) is 0 Å². The summed E-state index contributed by atoms with van der Waals surface area (Å²) in [7, 11) is 0. The average Bonchev–Trinajstić information content (AvgIpc) is 2.39. The number of aliphatic hydroxyl groups is 1. The molecular weight excluding hydrogens is 224 g/mol. The Kier molecular flexibility index (Phi) is 8.31. The molecule has 0 heterocycles. The lowest BCUT2D eigenvalue weighted by Crippen LogP contribution is -2.40. The minimum absolute atomic E-state index is 0.256. The second-order valence-electron chi connectivity index (χ2n) is 5.41. The summed E-state index contributed by atoms with van der Waals surface area (Å²) in [6.07, 6.45) is 7.80. The minimum Gasteiger partial charge on any atom is -0.395 e. The van der Waals surface area contributed by atoms with Crippen molar-refractivity contribution >= 4 is 0 Å². The molecule has 1 saturated carbocycles. The van der Waals surface area contributed by atoms with Crippen LogP contribution in [0.5, 0.6) is 0 Å². The van der Waals surface area contributed by atoms with Crippen molar-refractivity contribution in [2.24, 2.45) is 0 Å². The average molecular weight is 254 g/mol. The van der Waals surface area contributed by atoms with Crippen molar-refractivity contribution in [3.8, 4) is 0 Å². The van der Waals surface area contributed by atoms with Crippen LogP contribution in [-0.4, -0.2) is 48.8 Å². The number of aliphatic hydroxyl groups excluding tert-OH is 1. The molecule has 0 aliphatic heterocycles.